The average molecular weight is 273 g/mol. The number of hydrogen-bond donors (Lipinski definition) is 2. The van der Waals surface area contributed by atoms with Gasteiger partial charge in [0.15, 0.2) is 0 Å². The zero-order valence-corrected chi connectivity index (χ0v) is 11.7. The zero-order chi connectivity index (χ0) is 14.5. The van der Waals surface area contributed by atoms with Crippen molar-refractivity contribution in [1.82, 2.24) is 0 Å². The van der Waals surface area contributed by atoms with E-state index in [9.17, 15) is 5.11 Å². The predicted octanol–water partition coefficient (Wildman–Crippen LogP) is 2.76. The highest BCUT2D eigenvalue weighted by molar-refractivity contribution is 5.60. The lowest BCUT2D eigenvalue weighted by Gasteiger charge is -2.16. The number of anilines is 1. The lowest BCUT2D eigenvalue weighted by Crippen LogP contribution is -2.05. The van der Waals surface area contributed by atoms with E-state index in [0.717, 1.165) is 11.3 Å². The van der Waals surface area contributed by atoms with E-state index >= 15 is 0 Å². The molecule has 0 saturated carbocycles. The summed E-state index contributed by atoms with van der Waals surface area (Å²) in [6, 6.07) is 12.7. The lowest BCUT2D eigenvalue weighted by atomic mass is 9.99. The first-order chi connectivity index (χ1) is 9.67. The highest BCUT2D eigenvalue weighted by Gasteiger charge is 2.16. The van der Waals surface area contributed by atoms with Gasteiger partial charge < -0.3 is 20.3 Å². The molecule has 1 unspecified atom stereocenters. The van der Waals surface area contributed by atoms with E-state index in [1.165, 1.54) is 0 Å². The number of nitrogen functional groups attached to an aromatic ring is 1. The van der Waals surface area contributed by atoms with E-state index in [0.29, 0.717) is 23.6 Å². The number of ether oxygens (including phenoxy) is 2. The fourth-order valence-corrected chi connectivity index (χ4v) is 2.10. The molecule has 0 aliphatic heterocycles. The Labute approximate surface area is 118 Å². The molecule has 106 valence electrons. The third-order valence-electron chi connectivity index (χ3n) is 3.10. The molecule has 0 amide bonds. The fourth-order valence-electron chi connectivity index (χ4n) is 2.10. The summed E-state index contributed by atoms with van der Waals surface area (Å²) < 4.78 is 10.6. The molecule has 0 aliphatic carbocycles. The maximum atomic E-state index is 10.5. The molecule has 0 heterocycles. The number of aliphatic hydroxyl groups excluding tert-OH is 1. The summed E-state index contributed by atoms with van der Waals surface area (Å²) in [4.78, 5) is 0. The van der Waals surface area contributed by atoms with Crippen LogP contribution in [0.5, 0.6) is 11.5 Å². The molecular formula is C16H19NO3. The second-order valence-electron chi connectivity index (χ2n) is 4.37. The van der Waals surface area contributed by atoms with Crippen molar-refractivity contribution in [2.45, 2.75) is 13.0 Å². The Hall–Kier alpha value is -2.20. The highest BCUT2D eigenvalue weighted by atomic mass is 16.5. The molecule has 0 spiro atoms. The van der Waals surface area contributed by atoms with Crippen LogP contribution in [0.25, 0.3) is 0 Å². The van der Waals surface area contributed by atoms with Crippen LogP contribution in [0, 0.1) is 0 Å². The predicted molar refractivity (Wildman–Crippen MR) is 79.1 cm³/mol. The molecule has 3 N–H and O–H groups in total. The normalized spacial score (nSPS) is 11.9. The van der Waals surface area contributed by atoms with Crippen molar-refractivity contribution in [3.05, 3.63) is 53.6 Å². The highest BCUT2D eigenvalue weighted by Crippen LogP contribution is 2.33. The van der Waals surface area contributed by atoms with Crippen molar-refractivity contribution < 1.29 is 14.6 Å². The van der Waals surface area contributed by atoms with Crippen molar-refractivity contribution in [3.63, 3.8) is 0 Å². The largest absolute Gasteiger partial charge is 0.495 e. The Balaban J connectivity index is 2.36. The third kappa shape index (κ3) is 2.86. The summed E-state index contributed by atoms with van der Waals surface area (Å²) in [7, 11) is 1.55. The Bertz CT molecular complexity index is 584. The molecule has 0 bridgehead atoms. The number of para-hydroxylation sites is 1. The first kappa shape index (κ1) is 14.2. The van der Waals surface area contributed by atoms with E-state index in [1.54, 1.807) is 25.3 Å². The molecule has 4 nitrogen and oxygen atoms in total. The minimum Gasteiger partial charge on any atom is -0.495 e. The number of benzene rings is 2. The quantitative estimate of drug-likeness (QED) is 0.822. The fraction of sp³-hybridized carbons (Fsp3) is 0.250. The van der Waals surface area contributed by atoms with Gasteiger partial charge in [0.05, 0.1) is 19.4 Å². The number of methoxy groups -OCH3 is 1. The number of aliphatic hydroxyl groups is 1. The maximum Gasteiger partial charge on any atom is 0.142 e. The zero-order valence-electron chi connectivity index (χ0n) is 11.7. The summed E-state index contributed by atoms with van der Waals surface area (Å²) in [5.74, 6) is 1.29. The van der Waals surface area contributed by atoms with Gasteiger partial charge in [-0.3, -0.25) is 0 Å². The van der Waals surface area contributed by atoms with E-state index < -0.39 is 6.10 Å². The van der Waals surface area contributed by atoms with Gasteiger partial charge in [-0.15, -0.1) is 0 Å². The van der Waals surface area contributed by atoms with Gasteiger partial charge in [0.25, 0.3) is 0 Å². The number of rotatable bonds is 5. The summed E-state index contributed by atoms with van der Waals surface area (Å²) >= 11 is 0. The minimum absolute atomic E-state index is 0.448. The molecule has 20 heavy (non-hydrogen) atoms. The van der Waals surface area contributed by atoms with Crippen LogP contribution in [0.3, 0.4) is 0 Å². The van der Waals surface area contributed by atoms with Gasteiger partial charge in [0, 0.05) is 5.56 Å². The van der Waals surface area contributed by atoms with Crippen LogP contribution in [0.1, 0.15) is 24.2 Å². The Morgan fingerprint density at radius 1 is 1.20 bits per heavy atom. The van der Waals surface area contributed by atoms with Gasteiger partial charge >= 0.3 is 0 Å². The van der Waals surface area contributed by atoms with Gasteiger partial charge in [0.2, 0.25) is 0 Å². The molecule has 0 fully saturated rings. The average Bonchev–Trinajstić information content (AvgIpc) is 2.47. The molecule has 0 aromatic heterocycles. The van der Waals surface area contributed by atoms with Gasteiger partial charge in [-0.2, -0.15) is 0 Å². The van der Waals surface area contributed by atoms with Crippen molar-refractivity contribution in [2.24, 2.45) is 0 Å². The molecule has 2 aromatic rings. The van der Waals surface area contributed by atoms with Crippen LogP contribution in [0.2, 0.25) is 0 Å². The number of hydrogen-bond acceptors (Lipinski definition) is 4. The van der Waals surface area contributed by atoms with Crippen molar-refractivity contribution in [1.29, 1.82) is 0 Å². The maximum absolute atomic E-state index is 10.5. The van der Waals surface area contributed by atoms with Gasteiger partial charge in [-0.25, -0.2) is 0 Å². The Morgan fingerprint density at radius 2 is 1.95 bits per heavy atom. The summed E-state index contributed by atoms with van der Waals surface area (Å²) in [6.07, 6.45) is -0.814. The monoisotopic (exact) mass is 273 g/mol. The first-order valence-corrected chi connectivity index (χ1v) is 6.50. The Morgan fingerprint density at radius 3 is 2.65 bits per heavy atom. The topological polar surface area (TPSA) is 64.7 Å². The van der Waals surface area contributed by atoms with Crippen LogP contribution >= 0.6 is 0 Å². The van der Waals surface area contributed by atoms with Crippen LogP contribution < -0.4 is 15.2 Å². The van der Waals surface area contributed by atoms with E-state index in [4.69, 9.17) is 15.2 Å². The molecule has 2 rings (SSSR count). The number of nitrogens with two attached hydrogens (primary N) is 1. The van der Waals surface area contributed by atoms with E-state index in [1.807, 2.05) is 31.2 Å². The molecule has 0 radical (unpaired) electrons. The van der Waals surface area contributed by atoms with Crippen LogP contribution in [0.4, 0.5) is 5.69 Å². The van der Waals surface area contributed by atoms with Gasteiger partial charge in [-0.1, -0.05) is 24.3 Å². The van der Waals surface area contributed by atoms with E-state index in [-0.39, 0.29) is 0 Å². The molecule has 1 atom stereocenters. The third-order valence-corrected chi connectivity index (χ3v) is 3.10. The van der Waals surface area contributed by atoms with Gasteiger partial charge in [0.1, 0.15) is 17.6 Å². The van der Waals surface area contributed by atoms with Crippen LogP contribution in [0.15, 0.2) is 42.5 Å². The smallest absolute Gasteiger partial charge is 0.142 e. The molecule has 4 heteroatoms. The second-order valence-corrected chi connectivity index (χ2v) is 4.37. The minimum atomic E-state index is -0.814. The van der Waals surface area contributed by atoms with Crippen LogP contribution in [-0.4, -0.2) is 18.8 Å². The second kappa shape index (κ2) is 6.30. The molecule has 2 aromatic carbocycles. The summed E-state index contributed by atoms with van der Waals surface area (Å²) in [5.41, 5.74) is 7.82. The SMILES string of the molecule is CCOc1cccc(C(O)c2cccc(OC)c2N)c1. The lowest BCUT2D eigenvalue weighted by molar-refractivity contribution is 0.220. The molecule has 0 aliphatic rings. The Kier molecular flexibility index (Phi) is 4.48. The van der Waals surface area contributed by atoms with Crippen molar-refractivity contribution >= 4 is 5.69 Å². The van der Waals surface area contributed by atoms with E-state index in [2.05, 4.69) is 0 Å². The van der Waals surface area contributed by atoms with Crippen molar-refractivity contribution in [2.75, 3.05) is 19.5 Å². The van der Waals surface area contributed by atoms with Crippen molar-refractivity contribution in [3.8, 4) is 11.5 Å². The summed E-state index contributed by atoms with van der Waals surface area (Å²) in [5, 5.41) is 10.5. The first-order valence-electron chi connectivity index (χ1n) is 6.50. The van der Waals surface area contributed by atoms with Gasteiger partial charge in [-0.05, 0) is 30.7 Å². The standard InChI is InChI=1S/C16H19NO3/c1-3-20-12-7-4-6-11(10-12)16(18)13-8-5-9-14(19-2)15(13)17/h4-10,16,18H,3,17H2,1-2H3. The summed E-state index contributed by atoms with van der Waals surface area (Å²) in [6.45, 7) is 2.50. The molecular weight excluding hydrogens is 254 g/mol. The van der Waals surface area contributed by atoms with Crippen LogP contribution in [-0.2, 0) is 0 Å². The molecule has 0 saturated heterocycles.